The minimum Gasteiger partial charge on any atom is -0.490 e. The van der Waals surface area contributed by atoms with Gasteiger partial charge in [0.25, 0.3) is 0 Å². The lowest BCUT2D eigenvalue weighted by molar-refractivity contribution is 0.129. The Labute approximate surface area is 129 Å². The van der Waals surface area contributed by atoms with E-state index in [4.69, 9.17) is 4.74 Å². The van der Waals surface area contributed by atoms with Gasteiger partial charge < -0.3 is 10.1 Å². The van der Waals surface area contributed by atoms with Crippen LogP contribution in [0.2, 0.25) is 0 Å². The first-order chi connectivity index (χ1) is 10.3. The van der Waals surface area contributed by atoms with Crippen LogP contribution >= 0.6 is 0 Å². The van der Waals surface area contributed by atoms with Crippen molar-refractivity contribution < 1.29 is 4.74 Å². The van der Waals surface area contributed by atoms with Gasteiger partial charge in [-0.05, 0) is 74.2 Å². The Balaban J connectivity index is 1.64. The van der Waals surface area contributed by atoms with E-state index in [2.05, 4.69) is 37.4 Å². The van der Waals surface area contributed by atoms with E-state index in [0.29, 0.717) is 12.1 Å². The summed E-state index contributed by atoms with van der Waals surface area (Å²) in [4.78, 5) is 0. The van der Waals surface area contributed by atoms with Gasteiger partial charge in [0.15, 0.2) is 0 Å². The van der Waals surface area contributed by atoms with Crippen LogP contribution in [0.1, 0.15) is 69.5 Å². The zero-order valence-corrected chi connectivity index (χ0v) is 13.5. The highest BCUT2D eigenvalue weighted by molar-refractivity contribution is 5.40. The topological polar surface area (TPSA) is 21.3 Å². The van der Waals surface area contributed by atoms with Crippen molar-refractivity contribution >= 4 is 0 Å². The van der Waals surface area contributed by atoms with E-state index in [9.17, 15) is 0 Å². The molecule has 2 nitrogen and oxygen atoms in total. The van der Waals surface area contributed by atoms with E-state index in [1.54, 1.807) is 0 Å². The first-order valence-corrected chi connectivity index (χ1v) is 8.79. The zero-order chi connectivity index (χ0) is 14.7. The Kier molecular flexibility index (Phi) is 4.84. The predicted octanol–water partition coefficient (Wildman–Crippen LogP) is 4.63. The second-order valence-electron chi connectivity index (χ2n) is 6.92. The van der Waals surface area contributed by atoms with Crippen LogP contribution in [0, 0.1) is 5.92 Å². The van der Waals surface area contributed by atoms with Gasteiger partial charge in [0.05, 0.1) is 6.10 Å². The van der Waals surface area contributed by atoms with Gasteiger partial charge in [0.1, 0.15) is 5.75 Å². The number of fused-ring (bicyclic) bond motifs is 1. The van der Waals surface area contributed by atoms with Crippen molar-refractivity contribution in [2.75, 3.05) is 6.54 Å². The second-order valence-corrected chi connectivity index (χ2v) is 6.92. The fourth-order valence-electron chi connectivity index (χ4n) is 3.88. The van der Waals surface area contributed by atoms with E-state index in [1.165, 1.54) is 56.1 Å². The molecule has 3 rings (SSSR count). The van der Waals surface area contributed by atoms with E-state index in [0.717, 1.165) is 18.2 Å². The lowest BCUT2D eigenvalue weighted by atomic mass is 9.89. The Bertz CT molecular complexity index is 471. The maximum atomic E-state index is 6.25. The van der Waals surface area contributed by atoms with Crippen LogP contribution in [0.5, 0.6) is 5.75 Å². The highest BCUT2D eigenvalue weighted by atomic mass is 16.5. The number of benzene rings is 1. The fraction of sp³-hybridized carbons (Fsp3) is 0.684. The van der Waals surface area contributed by atoms with Crippen molar-refractivity contribution in [1.29, 1.82) is 0 Å². The summed E-state index contributed by atoms with van der Waals surface area (Å²) in [5.41, 5.74) is 2.98. The van der Waals surface area contributed by atoms with E-state index >= 15 is 0 Å². The molecule has 0 spiro atoms. The van der Waals surface area contributed by atoms with Crippen molar-refractivity contribution in [3.63, 3.8) is 0 Å². The number of nitrogens with one attached hydrogen (secondary N) is 1. The van der Waals surface area contributed by atoms with Gasteiger partial charge in [-0.15, -0.1) is 0 Å². The Hall–Kier alpha value is -1.02. The molecule has 3 atom stereocenters. The fourth-order valence-corrected chi connectivity index (χ4v) is 3.88. The molecule has 116 valence electrons. The summed E-state index contributed by atoms with van der Waals surface area (Å²) in [5.74, 6) is 1.91. The van der Waals surface area contributed by atoms with Gasteiger partial charge in [0.2, 0.25) is 0 Å². The average Bonchev–Trinajstić information content (AvgIpc) is 2.87. The Morgan fingerprint density at radius 2 is 2.14 bits per heavy atom. The van der Waals surface area contributed by atoms with Crippen molar-refractivity contribution in [2.24, 2.45) is 5.92 Å². The maximum Gasteiger partial charge on any atom is 0.120 e. The molecule has 0 heterocycles. The second kappa shape index (κ2) is 6.83. The Morgan fingerprint density at radius 3 is 2.95 bits per heavy atom. The lowest BCUT2D eigenvalue weighted by Gasteiger charge is -2.27. The number of rotatable bonds is 5. The Morgan fingerprint density at radius 1 is 1.24 bits per heavy atom. The highest BCUT2D eigenvalue weighted by Crippen LogP contribution is 2.35. The molecule has 2 heteroatoms. The SMILES string of the molecule is CCCNC1CCc2cc(OC3CCCC(C)C3)ccc21. The van der Waals surface area contributed by atoms with Crippen LogP contribution in [-0.4, -0.2) is 12.6 Å². The third-order valence-corrected chi connectivity index (χ3v) is 5.02. The van der Waals surface area contributed by atoms with Crippen LogP contribution in [0.15, 0.2) is 18.2 Å². The molecule has 1 fully saturated rings. The van der Waals surface area contributed by atoms with Gasteiger partial charge in [-0.25, -0.2) is 0 Å². The molecule has 1 aromatic carbocycles. The van der Waals surface area contributed by atoms with Gasteiger partial charge in [-0.3, -0.25) is 0 Å². The van der Waals surface area contributed by atoms with Gasteiger partial charge in [0, 0.05) is 6.04 Å². The van der Waals surface area contributed by atoms with Crippen LogP contribution in [0.4, 0.5) is 0 Å². The molecule has 0 saturated heterocycles. The summed E-state index contributed by atoms with van der Waals surface area (Å²) < 4.78 is 6.25. The number of ether oxygens (including phenoxy) is 1. The lowest BCUT2D eigenvalue weighted by Crippen LogP contribution is -2.24. The molecule has 1 N–H and O–H groups in total. The third-order valence-electron chi connectivity index (χ3n) is 5.02. The number of hydrogen-bond acceptors (Lipinski definition) is 2. The molecular formula is C19H29NO. The normalized spacial score (nSPS) is 28.4. The molecule has 1 saturated carbocycles. The predicted molar refractivity (Wildman–Crippen MR) is 87.8 cm³/mol. The summed E-state index contributed by atoms with van der Waals surface area (Å²) in [6, 6.07) is 7.33. The molecule has 0 radical (unpaired) electrons. The molecule has 0 bridgehead atoms. The van der Waals surface area contributed by atoms with Crippen molar-refractivity contribution in [3.05, 3.63) is 29.3 Å². The van der Waals surface area contributed by atoms with Crippen molar-refractivity contribution in [1.82, 2.24) is 5.32 Å². The van der Waals surface area contributed by atoms with E-state index in [-0.39, 0.29) is 0 Å². The average molecular weight is 287 g/mol. The van der Waals surface area contributed by atoms with Crippen molar-refractivity contribution in [2.45, 2.75) is 70.9 Å². The van der Waals surface area contributed by atoms with Crippen LogP contribution in [0.3, 0.4) is 0 Å². The molecule has 1 aromatic rings. The minimum atomic E-state index is 0.433. The maximum absolute atomic E-state index is 6.25. The van der Waals surface area contributed by atoms with Crippen LogP contribution in [-0.2, 0) is 6.42 Å². The molecular weight excluding hydrogens is 258 g/mol. The van der Waals surface area contributed by atoms with E-state index in [1.807, 2.05) is 0 Å². The number of hydrogen-bond donors (Lipinski definition) is 1. The van der Waals surface area contributed by atoms with Crippen LogP contribution in [0.25, 0.3) is 0 Å². The molecule has 3 unspecified atom stereocenters. The molecule has 21 heavy (non-hydrogen) atoms. The first kappa shape index (κ1) is 14.9. The van der Waals surface area contributed by atoms with Gasteiger partial charge in [-0.1, -0.05) is 26.3 Å². The minimum absolute atomic E-state index is 0.433. The number of aryl methyl sites for hydroxylation is 1. The quantitative estimate of drug-likeness (QED) is 0.852. The summed E-state index contributed by atoms with van der Waals surface area (Å²) in [7, 11) is 0. The van der Waals surface area contributed by atoms with Gasteiger partial charge >= 0.3 is 0 Å². The summed E-state index contributed by atoms with van der Waals surface area (Å²) in [5, 5.41) is 3.65. The summed E-state index contributed by atoms with van der Waals surface area (Å²) in [6.45, 7) is 5.69. The highest BCUT2D eigenvalue weighted by Gasteiger charge is 2.24. The van der Waals surface area contributed by atoms with Crippen molar-refractivity contribution in [3.8, 4) is 5.75 Å². The third kappa shape index (κ3) is 3.60. The van der Waals surface area contributed by atoms with E-state index < -0.39 is 0 Å². The summed E-state index contributed by atoms with van der Waals surface area (Å²) in [6.07, 6.45) is 9.19. The largest absolute Gasteiger partial charge is 0.490 e. The zero-order valence-electron chi connectivity index (χ0n) is 13.5. The first-order valence-electron chi connectivity index (χ1n) is 8.79. The molecule has 0 aliphatic heterocycles. The molecule has 2 aliphatic carbocycles. The monoisotopic (exact) mass is 287 g/mol. The molecule has 0 aromatic heterocycles. The van der Waals surface area contributed by atoms with Gasteiger partial charge in [-0.2, -0.15) is 0 Å². The molecule has 0 amide bonds. The standard InChI is InChI=1S/C19H29NO/c1-3-11-20-19-10-7-15-13-17(8-9-18(15)19)21-16-6-4-5-14(2)12-16/h8-9,13-14,16,19-20H,3-7,10-12H2,1-2H3. The van der Waals surface area contributed by atoms with Crippen LogP contribution < -0.4 is 10.1 Å². The summed E-state index contributed by atoms with van der Waals surface area (Å²) >= 11 is 0. The smallest absolute Gasteiger partial charge is 0.120 e. The molecule has 2 aliphatic rings.